The first kappa shape index (κ1) is 19.9. The van der Waals surface area contributed by atoms with Gasteiger partial charge >= 0.3 is 0 Å². The van der Waals surface area contributed by atoms with Gasteiger partial charge in [-0.25, -0.2) is 0 Å². The summed E-state index contributed by atoms with van der Waals surface area (Å²) in [6.07, 6.45) is 7.43. The summed E-state index contributed by atoms with van der Waals surface area (Å²) in [6.45, 7) is 1.91. The molecule has 0 spiro atoms. The predicted octanol–water partition coefficient (Wildman–Crippen LogP) is 3.60. The van der Waals surface area contributed by atoms with Crippen molar-refractivity contribution in [3.63, 3.8) is 0 Å². The monoisotopic (exact) mass is 426 g/mol. The molecule has 3 aromatic heterocycles. The Balaban J connectivity index is 1.44. The van der Waals surface area contributed by atoms with Crippen molar-refractivity contribution >= 4 is 11.6 Å². The third kappa shape index (κ3) is 3.82. The second-order valence-corrected chi connectivity index (χ2v) is 8.07. The Hall–Kier alpha value is -4.07. The van der Waals surface area contributed by atoms with Crippen LogP contribution >= 0.6 is 0 Å². The molecule has 1 amide bonds. The molecule has 0 radical (unpaired) electrons. The minimum Gasteiger partial charge on any atom is -0.322 e. The van der Waals surface area contributed by atoms with E-state index in [4.69, 9.17) is 0 Å². The van der Waals surface area contributed by atoms with E-state index in [0.29, 0.717) is 11.7 Å². The maximum Gasteiger partial charge on any atom is 0.263 e. The van der Waals surface area contributed by atoms with Crippen molar-refractivity contribution in [2.24, 2.45) is 7.05 Å². The average Bonchev–Trinajstić information content (AvgIpc) is 3.52. The predicted molar refractivity (Wildman–Crippen MR) is 121 cm³/mol. The van der Waals surface area contributed by atoms with E-state index in [2.05, 4.69) is 25.1 Å². The van der Waals surface area contributed by atoms with Crippen molar-refractivity contribution < 1.29 is 4.79 Å². The first-order chi connectivity index (χ1) is 15.5. The number of anilines is 1. The second-order valence-electron chi connectivity index (χ2n) is 8.07. The molecule has 1 aliphatic rings. The van der Waals surface area contributed by atoms with Crippen molar-refractivity contribution in [3.05, 3.63) is 82.8 Å². The lowest BCUT2D eigenvalue weighted by molar-refractivity contribution is 0.102. The van der Waals surface area contributed by atoms with Crippen LogP contribution in [0.15, 0.2) is 66.0 Å². The number of hydrogen-bond acceptors (Lipinski definition) is 5. The van der Waals surface area contributed by atoms with Gasteiger partial charge in [0.1, 0.15) is 11.9 Å². The van der Waals surface area contributed by atoms with E-state index in [1.54, 1.807) is 37.9 Å². The van der Waals surface area contributed by atoms with Gasteiger partial charge in [0.05, 0.1) is 0 Å². The lowest BCUT2D eigenvalue weighted by Gasteiger charge is -2.11. The molecular formula is C24H22N6O2. The van der Waals surface area contributed by atoms with E-state index in [-0.39, 0.29) is 11.1 Å². The molecule has 160 valence electrons. The molecule has 0 atom stereocenters. The molecule has 0 unspecified atom stereocenters. The Morgan fingerprint density at radius 3 is 2.69 bits per heavy atom. The van der Waals surface area contributed by atoms with Crippen molar-refractivity contribution in [2.45, 2.75) is 25.8 Å². The quantitative estimate of drug-likeness (QED) is 0.526. The van der Waals surface area contributed by atoms with Gasteiger partial charge in [-0.15, -0.1) is 10.2 Å². The maximum absolute atomic E-state index is 13.0. The number of pyridine rings is 2. The van der Waals surface area contributed by atoms with Crippen LogP contribution in [-0.4, -0.2) is 30.2 Å². The van der Waals surface area contributed by atoms with Crippen LogP contribution in [0.3, 0.4) is 0 Å². The van der Waals surface area contributed by atoms with E-state index in [1.807, 2.05) is 37.3 Å². The summed E-state index contributed by atoms with van der Waals surface area (Å²) in [5, 5.41) is 11.1. The molecule has 8 heteroatoms. The first-order valence-corrected chi connectivity index (χ1v) is 10.4. The maximum atomic E-state index is 13.0. The van der Waals surface area contributed by atoms with E-state index in [0.717, 1.165) is 41.1 Å². The lowest BCUT2D eigenvalue weighted by Crippen LogP contribution is -2.27. The number of aromatic nitrogens is 5. The zero-order valence-electron chi connectivity index (χ0n) is 17.8. The van der Waals surface area contributed by atoms with Crippen LogP contribution in [0.5, 0.6) is 0 Å². The summed E-state index contributed by atoms with van der Waals surface area (Å²) >= 11 is 0. The summed E-state index contributed by atoms with van der Waals surface area (Å²) in [5.74, 6) is 0.307. The lowest BCUT2D eigenvalue weighted by atomic mass is 10.1. The zero-order valence-corrected chi connectivity index (χ0v) is 17.8. The highest BCUT2D eigenvalue weighted by Crippen LogP contribution is 2.37. The van der Waals surface area contributed by atoms with Gasteiger partial charge in [0.15, 0.2) is 5.82 Å². The largest absolute Gasteiger partial charge is 0.322 e. The Kier molecular flexibility index (Phi) is 4.89. The molecular weight excluding hydrogens is 404 g/mol. The number of aryl methyl sites for hydroxylation is 2. The fourth-order valence-electron chi connectivity index (χ4n) is 3.67. The topological polar surface area (TPSA) is 94.7 Å². The SMILES string of the molecule is Cc1ccc(-c2cc(C(=O)Nc3cccc(-c4nncn4C4CC4)c3)c(=O)n(C)c2)cn1. The molecule has 1 aliphatic carbocycles. The van der Waals surface area contributed by atoms with Gasteiger partial charge < -0.3 is 14.5 Å². The number of benzene rings is 1. The highest BCUT2D eigenvalue weighted by Gasteiger charge is 2.26. The Labute approximate surface area is 184 Å². The highest BCUT2D eigenvalue weighted by molar-refractivity contribution is 6.04. The van der Waals surface area contributed by atoms with Crippen molar-refractivity contribution in [3.8, 4) is 22.5 Å². The molecule has 3 heterocycles. The molecule has 1 N–H and O–H groups in total. The number of carbonyl (C=O) groups excluding carboxylic acids is 1. The summed E-state index contributed by atoms with van der Waals surface area (Å²) in [7, 11) is 1.63. The van der Waals surface area contributed by atoms with Crippen LogP contribution in [0.1, 0.15) is 34.9 Å². The molecule has 1 aromatic carbocycles. The van der Waals surface area contributed by atoms with Crippen molar-refractivity contribution in [2.75, 3.05) is 5.32 Å². The van der Waals surface area contributed by atoms with Gasteiger partial charge in [-0.2, -0.15) is 0 Å². The standard InChI is InChI=1S/C24H22N6O2/c1-15-6-7-17(12-25-15)18-11-21(24(32)29(2)13-18)23(31)27-19-5-3-4-16(10-19)22-28-26-14-30(22)20-8-9-20/h3-7,10-14,20H,8-9H2,1-2H3,(H,27,31). The smallest absolute Gasteiger partial charge is 0.263 e. The second kappa shape index (κ2) is 7.88. The Bertz CT molecular complexity index is 1370. The van der Waals surface area contributed by atoms with Gasteiger partial charge in [0.25, 0.3) is 11.5 Å². The fourth-order valence-corrected chi connectivity index (χ4v) is 3.67. The molecule has 0 saturated heterocycles. The third-order valence-corrected chi connectivity index (χ3v) is 5.56. The normalized spacial score (nSPS) is 13.2. The molecule has 0 aliphatic heterocycles. The minimum absolute atomic E-state index is 0.0668. The zero-order chi connectivity index (χ0) is 22.2. The van der Waals surface area contributed by atoms with Crippen LogP contribution in [0, 0.1) is 6.92 Å². The molecule has 1 fully saturated rings. The van der Waals surface area contributed by atoms with E-state index < -0.39 is 5.91 Å². The first-order valence-electron chi connectivity index (χ1n) is 10.4. The molecule has 8 nitrogen and oxygen atoms in total. The van der Waals surface area contributed by atoms with Gasteiger partial charge in [0.2, 0.25) is 0 Å². The Morgan fingerprint density at radius 2 is 1.94 bits per heavy atom. The fraction of sp³-hybridized carbons (Fsp3) is 0.208. The summed E-state index contributed by atoms with van der Waals surface area (Å²) in [5.41, 5.74) is 3.63. The van der Waals surface area contributed by atoms with Crippen molar-refractivity contribution in [1.29, 1.82) is 0 Å². The minimum atomic E-state index is -0.465. The number of hydrogen-bond donors (Lipinski definition) is 1. The van der Waals surface area contributed by atoms with Crippen LogP contribution < -0.4 is 10.9 Å². The van der Waals surface area contributed by atoms with Crippen LogP contribution in [0.2, 0.25) is 0 Å². The highest BCUT2D eigenvalue weighted by atomic mass is 16.2. The van der Waals surface area contributed by atoms with Gasteiger partial charge in [0, 0.05) is 53.6 Å². The van der Waals surface area contributed by atoms with Crippen molar-refractivity contribution in [1.82, 2.24) is 24.3 Å². The average molecular weight is 426 g/mol. The molecule has 1 saturated carbocycles. The summed E-state index contributed by atoms with van der Waals surface area (Å²) in [4.78, 5) is 30.0. The van der Waals surface area contributed by atoms with Gasteiger partial charge in [-0.1, -0.05) is 18.2 Å². The summed E-state index contributed by atoms with van der Waals surface area (Å²) in [6, 6.07) is 13.3. The molecule has 4 aromatic rings. The Morgan fingerprint density at radius 1 is 1.09 bits per heavy atom. The van der Waals surface area contributed by atoms with Gasteiger partial charge in [-0.05, 0) is 44.0 Å². The van der Waals surface area contributed by atoms with Crippen LogP contribution in [0.25, 0.3) is 22.5 Å². The number of rotatable bonds is 5. The van der Waals surface area contributed by atoms with Gasteiger partial charge in [-0.3, -0.25) is 14.6 Å². The number of amides is 1. The molecule has 5 rings (SSSR count). The van der Waals surface area contributed by atoms with Crippen LogP contribution in [0.4, 0.5) is 5.69 Å². The number of nitrogens with zero attached hydrogens (tertiary/aromatic N) is 5. The van der Waals surface area contributed by atoms with E-state index in [9.17, 15) is 9.59 Å². The molecule has 0 bridgehead atoms. The van der Waals surface area contributed by atoms with Crippen LogP contribution in [-0.2, 0) is 7.05 Å². The van der Waals surface area contributed by atoms with E-state index in [1.165, 1.54) is 4.57 Å². The van der Waals surface area contributed by atoms with E-state index >= 15 is 0 Å². The number of nitrogens with one attached hydrogen (secondary N) is 1. The number of carbonyl (C=O) groups is 1. The third-order valence-electron chi connectivity index (χ3n) is 5.56. The summed E-state index contributed by atoms with van der Waals surface area (Å²) < 4.78 is 3.48. The molecule has 32 heavy (non-hydrogen) atoms.